The van der Waals surface area contributed by atoms with Gasteiger partial charge in [0.2, 0.25) is 11.8 Å². The van der Waals surface area contributed by atoms with Crippen LogP contribution in [0.4, 0.5) is 10.1 Å². The Morgan fingerprint density at radius 3 is 1.95 bits per heavy atom. The van der Waals surface area contributed by atoms with Gasteiger partial charge in [0, 0.05) is 31.6 Å². The van der Waals surface area contributed by atoms with Crippen LogP contribution in [0.1, 0.15) is 57.1 Å². The molecule has 4 fully saturated rings. The number of anilines is 1. The molecule has 5 aliphatic rings. The maximum Gasteiger partial charge on any atom is 0.262 e. The molecule has 0 aromatic heterocycles. The number of halogens is 1. The van der Waals surface area contributed by atoms with Crippen LogP contribution in [-0.2, 0) is 9.59 Å². The molecule has 3 aromatic rings. The summed E-state index contributed by atoms with van der Waals surface area (Å²) in [7, 11) is 0. The van der Waals surface area contributed by atoms with E-state index in [1.807, 2.05) is 41.3 Å². The number of rotatable bonds is 5. The van der Waals surface area contributed by atoms with Crippen LogP contribution in [0.3, 0.4) is 0 Å². The van der Waals surface area contributed by atoms with E-state index < -0.39 is 35.5 Å². The molecule has 40 heavy (non-hydrogen) atoms. The summed E-state index contributed by atoms with van der Waals surface area (Å²) < 4.78 is 15.5. The molecule has 0 spiro atoms. The van der Waals surface area contributed by atoms with Crippen molar-refractivity contribution in [3.63, 3.8) is 0 Å². The summed E-state index contributed by atoms with van der Waals surface area (Å²) in [5, 5.41) is 2.18. The van der Waals surface area contributed by atoms with Gasteiger partial charge < -0.3 is 4.90 Å². The molecule has 202 valence electrons. The Bertz CT molecular complexity index is 1490. The molecule has 5 aliphatic heterocycles. The van der Waals surface area contributed by atoms with Crippen LogP contribution >= 0.6 is 0 Å². The number of hydrogen-bond acceptors (Lipinski definition) is 6. The second-order valence-corrected chi connectivity index (χ2v) is 10.9. The zero-order valence-electron chi connectivity index (χ0n) is 21.6. The van der Waals surface area contributed by atoms with Gasteiger partial charge in [-0.2, -0.15) is 0 Å². The molecule has 8 nitrogen and oxygen atoms in total. The van der Waals surface area contributed by atoms with Crippen molar-refractivity contribution in [1.29, 1.82) is 0 Å². The number of hydrogen-bond donors (Lipinski definition) is 1. The van der Waals surface area contributed by atoms with Crippen molar-refractivity contribution in [3.05, 3.63) is 101 Å². The lowest BCUT2D eigenvalue weighted by atomic mass is 9.81. The van der Waals surface area contributed by atoms with Crippen LogP contribution in [0.25, 0.3) is 0 Å². The van der Waals surface area contributed by atoms with E-state index in [9.17, 15) is 19.2 Å². The summed E-state index contributed by atoms with van der Waals surface area (Å²) in [6.45, 7) is 1.17. The van der Waals surface area contributed by atoms with Gasteiger partial charge in [0.05, 0.1) is 22.9 Å². The SMILES string of the molecule is O=C1CCC(N2C(=O)c3cc(F)c(N4CC5CC(C4)N5C(c4ccccc4)c4ccccc4)cc3C2=O)C(=O)N1. The second-order valence-electron chi connectivity index (χ2n) is 10.9. The highest BCUT2D eigenvalue weighted by atomic mass is 19.1. The molecule has 4 saturated heterocycles. The molecule has 5 heterocycles. The Balaban J connectivity index is 1.15. The molecule has 0 saturated carbocycles. The third kappa shape index (κ3) is 3.83. The highest BCUT2D eigenvalue weighted by molar-refractivity contribution is 6.23. The molecule has 4 amide bonds. The molecular formula is C31H27FN4O4. The number of imide groups is 2. The van der Waals surface area contributed by atoms with Crippen LogP contribution in [0.5, 0.6) is 0 Å². The fraction of sp³-hybridized carbons (Fsp3) is 0.290. The minimum absolute atomic E-state index is 0.0312. The average molecular weight is 539 g/mol. The van der Waals surface area contributed by atoms with Gasteiger partial charge >= 0.3 is 0 Å². The Hall–Kier alpha value is -4.37. The summed E-state index contributed by atoms with van der Waals surface area (Å²) in [4.78, 5) is 55.6. The van der Waals surface area contributed by atoms with Gasteiger partial charge in [-0.15, -0.1) is 0 Å². The van der Waals surface area contributed by atoms with Crippen LogP contribution < -0.4 is 10.2 Å². The third-order valence-electron chi connectivity index (χ3n) is 8.63. The molecular weight excluding hydrogens is 511 g/mol. The maximum absolute atomic E-state index is 15.5. The molecule has 1 N–H and O–H groups in total. The van der Waals surface area contributed by atoms with Gasteiger partial charge in [0.15, 0.2) is 0 Å². The van der Waals surface area contributed by atoms with Crippen molar-refractivity contribution >= 4 is 29.3 Å². The molecule has 8 rings (SSSR count). The summed E-state index contributed by atoms with van der Waals surface area (Å²) in [5.74, 6) is -3.03. The number of benzene rings is 3. The van der Waals surface area contributed by atoms with Gasteiger partial charge in [-0.3, -0.25) is 34.3 Å². The fourth-order valence-electron chi connectivity index (χ4n) is 6.79. The first-order valence-corrected chi connectivity index (χ1v) is 13.6. The van der Waals surface area contributed by atoms with Crippen LogP contribution in [0, 0.1) is 5.82 Å². The van der Waals surface area contributed by atoms with E-state index in [4.69, 9.17) is 0 Å². The quantitative estimate of drug-likeness (QED) is 0.502. The highest BCUT2D eigenvalue weighted by Gasteiger charge is 2.50. The minimum atomic E-state index is -1.08. The zero-order chi connectivity index (χ0) is 27.5. The van der Waals surface area contributed by atoms with Gasteiger partial charge in [-0.05, 0) is 36.1 Å². The van der Waals surface area contributed by atoms with Crippen LogP contribution in [0.15, 0.2) is 72.8 Å². The number of carbonyl (C=O) groups is 4. The van der Waals surface area contributed by atoms with E-state index in [1.165, 1.54) is 17.2 Å². The van der Waals surface area contributed by atoms with Gasteiger partial charge in [0.1, 0.15) is 11.9 Å². The Morgan fingerprint density at radius 1 is 0.800 bits per heavy atom. The molecule has 9 heteroatoms. The number of nitrogens with one attached hydrogen (secondary N) is 1. The molecule has 0 aliphatic carbocycles. The number of nitrogens with zero attached hydrogens (tertiary/aromatic N) is 3. The normalized spacial score (nSPS) is 24.3. The summed E-state index contributed by atoms with van der Waals surface area (Å²) in [5.41, 5.74) is 2.74. The lowest BCUT2D eigenvalue weighted by Crippen LogP contribution is -2.69. The van der Waals surface area contributed by atoms with E-state index >= 15 is 4.39 Å². The topological polar surface area (TPSA) is 90.0 Å². The maximum atomic E-state index is 15.5. The standard InChI is InChI=1S/C31H27FN4O4/c32-24-14-22-23(31(40)36(30(22)39)25-11-12-27(37)33-29(25)38)15-26(24)34-16-20-13-21(17-34)35(20)28(18-7-3-1-4-8-18)19-9-5-2-6-10-19/h1-10,14-15,20-21,25,28H,11-13,16-17H2,(H,33,37,38). The predicted octanol–water partition coefficient (Wildman–Crippen LogP) is 3.28. The van der Waals surface area contributed by atoms with Crippen LogP contribution in [0.2, 0.25) is 0 Å². The molecule has 0 radical (unpaired) electrons. The first-order chi connectivity index (χ1) is 19.4. The van der Waals surface area contributed by atoms with E-state index in [1.54, 1.807) is 0 Å². The Morgan fingerprint density at radius 2 is 1.38 bits per heavy atom. The van der Waals surface area contributed by atoms with Crippen molar-refractivity contribution < 1.29 is 23.6 Å². The Kier molecular flexibility index (Phi) is 5.78. The van der Waals surface area contributed by atoms with Crippen molar-refractivity contribution in [3.8, 4) is 0 Å². The molecule has 3 atom stereocenters. The predicted molar refractivity (Wildman–Crippen MR) is 144 cm³/mol. The van der Waals surface area contributed by atoms with E-state index in [-0.39, 0.29) is 47.8 Å². The Labute approximate surface area is 230 Å². The minimum Gasteiger partial charge on any atom is -0.366 e. The number of piperidine rings is 2. The molecule has 3 unspecified atom stereocenters. The number of amides is 4. The van der Waals surface area contributed by atoms with Crippen molar-refractivity contribution in [2.45, 2.75) is 43.4 Å². The second kappa shape index (κ2) is 9.38. The van der Waals surface area contributed by atoms with E-state index in [0.29, 0.717) is 13.1 Å². The highest BCUT2D eigenvalue weighted by Crippen LogP contribution is 2.44. The fourth-order valence-corrected chi connectivity index (χ4v) is 6.79. The van der Waals surface area contributed by atoms with E-state index in [2.05, 4.69) is 34.5 Å². The lowest BCUT2D eigenvalue weighted by Gasteiger charge is -2.59. The van der Waals surface area contributed by atoms with Crippen molar-refractivity contribution in [2.24, 2.45) is 0 Å². The largest absolute Gasteiger partial charge is 0.366 e. The average Bonchev–Trinajstić information content (AvgIpc) is 3.20. The van der Waals surface area contributed by atoms with Crippen molar-refractivity contribution in [1.82, 2.24) is 15.1 Å². The zero-order valence-corrected chi connectivity index (χ0v) is 21.6. The summed E-state index contributed by atoms with van der Waals surface area (Å²) >= 11 is 0. The van der Waals surface area contributed by atoms with E-state index in [0.717, 1.165) is 17.4 Å². The van der Waals surface area contributed by atoms with Gasteiger partial charge in [0.25, 0.3) is 11.8 Å². The van der Waals surface area contributed by atoms with Crippen LogP contribution in [-0.4, -0.2) is 64.6 Å². The summed E-state index contributed by atoms with van der Waals surface area (Å²) in [6.07, 6.45) is 1.09. The number of carbonyl (C=O) groups excluding carboxylic acids is 4. The van der Waals surface area contributed by atoms with Gasteiger partial charge in [-0.25, -0.2) is 4.39 Å². The van der Waals surface area contributed by atoms with Crippen molar-refractivity contribution in [2.75, 3.05) is 18.0 Å². The smallest absolute Gasteiger partial charge is 0.262 e. The first kappa shape index (κ1) is 24.7. The van der Waals surface area contributed by atoms with Gasteiger partial charge in [-0.1, -0.05) is 60.7 Å². The monoisotopic (exact) mass is 538 g/mol. The molecule has 2 bridgehead atoms. The lowest BCUT2D eigenvalue weighted by molar-refractivity contribution is -0.136. The first-order valence-electron chi connectivity index (χ1n) is 13.6. The number of piperazine rings is 1. The summed E-state index contributed by atoms with van der Waals surface area (Å²) in [6, 6.07) is 22.7. The third-order valence-corrected chi connectivity index (χ3v) is 8.63. The number of fused-ring (bicyclic) bond motifs is 3. The molecule has 3 aromatic carbocycles.